The van der Waals surface area contributed by atoms with Gasteiger partial charge in [-0.05, 0) is 36.8 Å². The van der Waals surface area contributed by atoms with E-state index in [4.69, 9.17) is 22.7 Å². The Morgan fingerprint density at radius 2 is 1.97 bits per heavy atom. The number of ether oxygens (including phenoxy) is 1. The summed E-state index contributed by atoms with van der Waals surface area (Å²) < 4.78 is 5.66. The van der Waals surface area contributed by atoms with Crippen LogP contribution in [0.15, 0.2) is 60.3 Å². The number of carbonyl (C=O) groups excluding carboxylic acids is 1. The van der Waals surface area contributed by atoms with E-state index in [0.29, 0.717) is 34.2 Å². The predicted octanol–water partition coefficient (Wildman–Crippen LogP) is 3.65. The largest absolute Gasteiger partial charge is 0.463 e. The first kappa shape index (κ1) is 18.8. The molecule has 0 bridgehead atoms. The number of nitrogens with two attached hydrogens (primary N) is 1. The summed E-state index contributed by atoms with van der Waals surface area (Å²) in [7, 11) is 0. The van der Waals surface area contributed by atoms with Gasteiger partial charge < -0.3 is 20.8 Å². The van der Waals surface area contributed by atoms with Crippen molar-refractivity contribution in [3.63, 3.8) is 0 Å². The minimum absolute atomic E-state index is 0.247. The highest BCUT2D eigenvalue weighted by atomic mass is 32.1. The zero-order chi connectivity index (χ0) is 20.4. The van der Waals surface area contributed by atoms with Crippen LogP contribution in [0.2, 0.25) is 0 Å². The van der Waals surface area contributed by atoms with Gasteiger partial charge in [-0.2, -0.15) is 0 Å². The van der Waals surface area contributed by atoms with Crippen LogP contribution in [0.3, 0.4) is 0 Å². The van der Waals surface area contributed by atoms with E-state index >= 15 is 0 Å². The van der Waals surface area contributed by atoms with E-state index in [0.717, 1.165) is 5.56 Å². The number of esters is 1. The molecular formula is C21H19N5O2S. The molecule has 0 radical (unpaired) electrons. The van der Waals surface area contributed by atoms with Crippen molar-refractivity contribution in [3.05, 3.63) is 81.9 Å². The van der Waals surface area contributed by atoms with Crippen molar-refractivity contribution < 1.29 is 9.53 Å². The maximum absolute atomic E-state index is 13.1. The maximum atomic E-state index is 13.1. The predicted molar refractivity (Wildman–Crippen MR) is 114 cm³/mol. The monoisotopic (exact) mass is 405 g/mol. The maximum Gasteiger partial charge on any atom is 0.337 e. The molecule has 146 valence electrons. The van der Waals surface area contributed by atoms with Crippen LogP contribution in [-0.2, 0) is 9.53 Å². The SMILES string of the molecule is CCOC(=O)C1=C(c2ccccc2)Nc2nc(=S)[nH]c(N)c2C1c1ccccn1. The van der Waals surface area contributed by atoms with Gasteiger partial charge >= 0.3 is 5.97 Å². The second kappa shape index (κ2) is 7.84. The highest BCUT2D eigenvalue weighted by Crippen LogP contribution is 2.45. The van der Waals surface area contributed by atoms with Crippen molar-refractivity contribution in [1.29, 1.82) is 0 Å². The summed E-state index contributed by atoms with van der Waals surface area (Å²) in [4.78, 5) is 24.9. The van der Waals surface area contributed by atoms with Crippen molar-refractivity contribution in [2.45, 2.75) is 12.8 Å². The van der Waals surface area contributed by atoms with Crippen LogP contribution in [0.25, 0.3) is 5.70 Å². The number of aromatic nitrogens is 3. The number of fused-ring (bicyclic) bond motifs is 1. The number of carbonyl (C=O) groups is 1. The van der Waals surface area contributed by atoms with Crippen LogP contribution in [0.4, 0.5) is 11.6 Å². The minimum atomic E-state index is -0.568. The number of benzene rings is 1. The fourth-order valence-corrected chi connectivity index (χ4v) is 3.67. The number of nitrogens with one attached hydrogen (secondary N) is 2. The molecule has 3 heterocycles. The average Bonchev–Trinajstić information content (AvgIpc) is 2.73. The van der Waals surface area contributed by atoms with Crippen LogP contribution in [0, 0.1) is 4.77 Å². The molecule has 1 aromatic carbocycles. The Morgan fingerprint density at radius 3 is 2.66 bits per heavy atom. The lowest BCUT2D eigenvalue weighted by Crippen LogP contribution is -2.27. The number of anilines is 2. The second-order valence-corrected chi connectivity index (χ2v) is 6.79. The normalized spacial score (nSPS) is 15.4. The van der Waals surface area contributed by atoms with Crippen LogP contribution in [0.1, 0.15) is 29.7 Å². The lowest BCUT2D eigenvalue weighted by Gasteiger charge is -2.30. The fraction of sp³-hybridized carbons (Fsp3) is 0.143. The standard InChI is InChI=1S/C21H19N5O2S/c1-2-28-20(27)15-14(13-10-6-7-11-23-13)16-18(22)25-21(29)26-19(16)24-17(15)12-8-4-3-5-9-12/h3-11,14H,2H2,1H3,(H4,22,24,25,26,29). The Balaban J connectivity index is 2.05. The molecule has 0 spiro atoms. The third-order valence-electron chi connectivity index (χ3n) is 4.63. The van der Waals surface area contributed by atoms with Crippen molar-refractivity contribution in [3.8, 4) is 0 Å². The minimum Gasteiger partial charge on any atom is -0.463 e. The molecular weight excluding hydrogens is 386 g/mol. The summed E-state index contributed by atoms with van der Waals surface area (Å²) in [5.74, 6) is -0.186. The quantitative estimate of drug-likeness (QED) is 0.449. The van der Waals surface area contributed by atoms with Gasteiger partial charge in [-0.15, -0.1) is 0 Å². The number of rotatable bonds is 4. The average molecular weight is 405 g/mol. The van der Waals surface area contributed by atoms with E-state index in [9.17, 15) is 4.79 Å². The van der Waals surface area contributed by atoms with Gasteiger partial charge in [0.15, 0.2) is 4.77 Å². The Bertz CT molecular complexity index is 1140. The third kappa shape index (κ3) is 3.50. The molecule has 0 saturated heterocycles. The smallest absolute Gasteiger partial charge is 0.337 e. The van der Waals surface area contributed by atoms with Gasteiger partial charge in [0.25, 0.3) is 0 Å². The van der Waals surface area contributed by atoms with E-state index < -0.39 is 11.9 Å². The molecule has 4 N–H and O–H groups in total. The molecule has 1 unspecified atom stereocenters. The van der Waals surface area contributed by atoms with Crippen LogP contribution in [-0.4, -0.2) is 27.5 Å². The number of hydrogen-bond donors (Lipinski definition) is 3. The number of hydrogen-bond acceptors (Lipinski definition) is 7. The first-order valence-electron chi connectivity index (χ1n) is 9.14. The van der Waals surface area contributed by atoms with Crippen LogP contribution >= 0.6 is 12.2 Å². The molecule has 1 atom stereocenters. The van der Waals surface area contributed by atoms with Crippen LogP contribution in [0.5, 0.6) is 0 Å². The fourth-order valence-electron chi connectivity index (χ4n) is 3.47. The van der Waals surface area contributed by atoms with E-state index in [2.05, 4.69) is 20.3 Å². The highest BCUT2D eigenvalue weighted by molar-refractivity contribution is 7.71. The Morgan fingerprint density at radius 1 is 1.21 bits per heavy atom. The molecule has 7 nitrogen and oxygen atoms in total. The van der Waals surface area contributed by atoms with Crippen molar-refractivity contribution >= 4 is 35.5 Å². The summed E-state index contributed by atoms with van der Waals surface area (Å²) >= 11 is 5.21. The second-order valence-electron chi connectivity index (χ2n) is 6.41. The van der Waals surface area contributed by atoms with Gasteiger partial charge in [0.05, 0.1) is 29.5 Å². The topological polar surface area (TPSA) is 106 Å². The van der Waals surface area contributed by atoms with E-state index in [1.807, 2.05) is 48.5 Å². The first-order valence-corrected chi connectivity index (χ1v) is 9.55. The van der Waals surface area contributed by atoms with Gasteiger partial charge in [-0.1, -0.05) is 36.4 Å². The summed E-state index contributed by atoms with van der Waals surface area (Å²) in [5, 5.41) is 3.26. The van der Waals surface area contributed by atoms with Crippen molar-refractivity contribution in [2.75, 3.05) is 17.7 Å². The molecule has 8 heteroatoms. The van der Waals surface area contributed by atoms with Gasteiger partial charge in [-0.25, -0.2) is 9.78 Å². The molecule has 0 saturated carbocycles. The van der Waals surface area contributed by atoms with Crippen LogP contribution < -0.4 is 11.1 Å². The molecule has 4 rings (SSSR count). The third-order valence-corrected chi connectivity index (χ3v) is 4.83. The molecule has 2 aromatic heterocycles. The van der Waals surface area contributed by atoms with Crippen molar-refractivity contribution in [1.82, 2.24) is 15.0 Å². The van der Waals surface area contributed by atoms with Gasteiger partial charge in [-0.3, -0.25) is 4.98 Å². The molecule has 29 heavy (non-hydrogen) atoms. The molecule has 1 aliphatic rings. The van der Waals surface area contributed by atoms with E-state index in [1.165, 1.54) is 0 Å². The summed E-state index contributed by atoms with van der Waals surface area (Å²) in [6.45, 7) is 2.02. The lowest BCUT2D eigenvalue weighted by molar-refractivity contribution is -0.138. The van der Waals surface area contributed by atoms with Gasteiger partial charge in [0, 0.05) is 11.8 Å². The zero-order valence-corrected chi connectivity index (χ0v) is 16.5. The summed E-state index contributed by atoms with van der Waals surface area (Å²) in [5.41, 5.74) is 9.39. The zero-order valence-electron chi connectivity index (χ0n) is 15.7. The molecule has 1 aliphatic heterocycles. The van der Waals surface area contributed by atoms with E-state index in [-0.39, 0.29) is 11.4 Å². The Hall–Kier alpha value is -3.52. The number of aromatic amines is 1. The number of pyridine rings is 1. The lowest BCUT2D eigenvalue weighted by atomic mass is 9.83. The Kier molecular flexibility index (Phi) is 5.09. The molecule has 3 aromatic rings. The van der Waals surface area contributed by atoms with Gasteiger partial charge in [0.1, 0.15) is 11.6 Å². The number of nitrogen functional groups attached to an aromatic ring is 1. The summed E-state index contributed by atoms with van der Waals surface area (Å²) in [6.07, 6.45) is 1.68. The molecule has 0 fully saturated rings. The van der Waals surface area contributed by atoms with Gasteiger partial charge in [0.2, 0.25) is 0 Å². The number of nitrogens with zero attached hydrogens (tertiary/aromatic N) is 2. The first-order chi connectivity index (χ1) is 14.1. The molecule has 0 amide bonds. The summed E-state index contributed by atoms with van der Waals surface area (Å²) in [6, 6.07) is 15.1. The van der Waals surface area contributed by atoms with Crippen molar-refractivity contribution in [2.24, 2.45) is 0 Å². The Labute approximate surface area is 172 Å². The number of H-pyrrole nitrogens is 1. The van der Waals surface area contributed by atoms with E-state index in [1.54, 1.807) is 13.1 Å². The highest BCUT2D eigenvalue weighted by Gasteiger charge is 2.38. The molecule has 0 aliphatic carbocycles.